The first-order valence-corrected chi connectivity index (χ1v) is 5.76. The number of carbonyl (C=O) groups excluding carboxylic acids is 3. The fraction of sp³-hybridized carbons (Fsp3) is 0.750. The van der Waals surface area contributed by atoms with Gasteiger partial charge in [0.1, 0.15) is 11.1 Å². The van der Waals surface area contributed by atoms with Crippen LogP contribution in [0.15, 0.2) is 0 Å². The second-order valence-corrected chi connectivity index (χ2v) is 5.47. The summed E-state index contributed by atoms with van der Waals surface area (Å²) in [5.41, 5.74) is -1.99. The largest absolute Gasteiger partial charge is 0.467 e. The van der Waals surface area contributed by atoms with E-state index >= 15 is 0 Å². The van der Waals surface area contributed by atoms with Crippen LogP contribution in [0.25, 0.3) is 0 Å². The number of hydrogen-bond acceptors (Lipinski definition) is 5. The lowest BCUT2D eigenvalue weighted by molar-refractivity contribution is -0.155. The van der Waals surface area contributed by atoms with Crippen LogP contribution in [0.2, 0.25) is 0 Å². The molecule has 1 atom stereocenters. The van der Waals surface area contributed by atoms with E-state index in [1.807, 2.05) is 0 Å². The summed E-state index contributed by atoms with van der Waals surface area (Å²) >= 11 is 0. The number of carbonyl (C=O) groups is 3. The van der Waals surface area contributed by atoms with Gasteiger partial charge in [0, 0.05) is 6.42 Å². The van der Waals surface area contributed by atoms with E-state index in [2.05, 4.69) is 4.74 Å². The number of amides is 2. The summed E-state index contributed by atoms with van der Waals surface area (Å²) < 4.78 is 9.80. The first-order valence-electron chi connectivity index (χ1n) is 5.76. The highest BCUT2D eigenvalue weighted by Gasteiger charge is 2.52. The number of ether oxygens (including phenoxy) is 2. The van der Waals surface area contributed by atoms with E-state index in [9.17, 15) is 14.4 Å². The van der Waals surface area contributed by atoms with Crippen LogP contribution in [0.3, 0.4) is 0 Å². The van der Waals surface area contributed by atoms with E-state index in [1.54, 1.807) is 20.8 Å². The third kappa shape index (κ3) is 2.63. The molecule has 1 heterocycles. The molecule has 6 nitrogen and oxygen atoms in total. The minimum atomic E-state index is -1.27. The zero-order valence-corrected chi connectivity index (χ0v) is 11.4. The molecule has 18 heavy (non-hydrogen) atoms. The zero-order valence-electron chi connectivity index (χ0n) is 11.4. The van der Waals surface area contributed by atoms with Crippen molar-refractivity contribution in [2.75, 3.05) is 7.11 Å². The van der Waals surface area contributed by atoms with Crippen LogP contribution in [-0.4, -0.2) is 41.1 Å². The first kappa shape index (κ1) is 14.5. The topological polar surface area (TPSA) is 72.9 Å². The van der Waals surface area contributed by atoms with Crippen molar-refractivity contribution in [1.29, 1.82) is 0 Å². The Kier molecular flexibility index (Phi) is 3.69. The van der Waals surface area contributed by atoms with E-state index in [0.29, 0.717) is 0 Å². The van der Waals surface area contributed by atoms with Crippen LogP contribution in [0.1, 0.15) is 40.5 Å². The Balaban J connectivity index is 2.99. The number of rotatable bonds is 1. The van der Waals surface area contributed by atoms with Gasteiger partial charge in [0.05, 0.1) is 7.11 Å². The predicted octanol–water partition coefficient (Wildman–Crippen LogP) is 1.48. The zero-order chi connectivity index (χ0) is 14.1. The van der Waals surface area contributed by atoms with E-state index < -0.39 is 29.1 Å². The molecule has 2 amide bonds. The third-order valence-electron chi connectivity index (χ3n) is 2.77. The van der Waals surface area contributed by atoms with Gasteiger partial charge in [-0.05, 0) is 34.1 Å². The van der Waals surface area contributed by atoms with E-state index in [1.165, 1.54) is 14.0 Å². The van der Waals surface area contributed by atoms with Crippen molar-refractivity contribution in [3.63, 3.8) is 0 Å². The van der Waals surface area contributed by atoms with Crippen molar-refractivity contribution in [3.8, 4) is 0 Å². The SMILES string of the molecule is COC(=O)[C@]1(C)CCC(=O)N1C(=O)OC(C)(C)C. The van der Waals surface area contributed by atoms with Crippen molar-refractivity contribution in [1.82, 2.24) is 4.90 Å². The highest BCUT2D eigenvalue weighted by Crippen LogP contribution is 2.32. The summed E-state index contributed by atoms with van der Waals surface area (Å²) in [6, 6.07) is 0. The molecule has 1 saturated heterocycles. The molecule has 102 valence electrons. The minimum Gasteiger partial charge on any atom is -0.467 e. The van der Waals surface area contributed by atoms with E-state index in [-0.39, 0.29) is 12.8 Å². The molecule has 0 radical (unpaired) electrons. The van der Waals surface area contributed by atoms with Crippen LogP contribution in [-0.2, 0) is 19.1 Å². The Hall–Kier alpha value is -1.59. The number of nitrogens with zero attached hydrogens (tertiary/aromatic N) is 1. The lowest BCUT2D eigenvalue weighted by Gasteiger charge is -2.32. The smallest absolute Gasteiger partial charge is 0.418 e. The van der Waals surface area contributed by atoms with Gasteiger partial charge in [-0.2, -0.15) is 0 Å². The van der Waals surface area contributed by atoms with Crippen molar-refractivity contribution in [2.45, 2.75) is 51.7 Å². The summed E-state index contributed by atoms with van der Waals surface area (Å²) in [6.45, 7) is 6.59. The quantitative estimate of drug-likeness (QED) is 0.665. The maximum absolute atomic E-state index is 12.0. The third-order valence-corrected chi connectivity index (χ3v) is 2.77. The standard InChI is InChI=1S/C12H19NO5/c1-11(2,3)18-10(16)13-8(14)6-7-12(13,4)9(15)17-5/h6-7H2,1-5H3/t12-/m0/s1. The van der Waals surface area contributed by atoms with Crippen LogP contribution >= 0.6 is 0 Å². The van der Waals surface area contributed by atoms with Crippen molar-refractivity contribution in [3.05, 3.63) is 0 Å². The second-order valence-electron chi connectivity index (χ2n) is 5.47. The monoisotopic (exact) mass is 257 g/mol. The highest BCUT2D eigenvalue weighted by molar-refractivity contribution is 6.01. The predicted molar refractivity (Wildman–Crippen MR) is 62.7 cm³/mol. The molecule has 0 unspecified atom stereocenters. The van der Waals surface area contributed by atoms with Crippen LogP contribution in [0.5, 0.6) is 0 Å². The molecule has 0 bridgehead atoms. The Morgan fingerprint density at radius 3 is 2.33 bits per heavy atom. The van der Waals surface area contributed by atoms with Gasteiger partial charge in [0.2, 0.25) is 5.91 Å². The summed E-state index contributed by atoms with van der Waals surface area (Å²) in [4.78, 5) is 36.3. The maximum atomic E-state index is 12.0. The lowest BCUT2D eigenvalue weighted by Crippen LogP contribution is -2.54. The highest BCUT2D eigenvalue weighted by atomic mass is 16.6. The molecule has 0 saturated carbocycles. The molecule has 0 aromatic rings. The van der Waals surface area contributed by atoms with Crippen LogP contribution in [0.4, 0.5) is 4.79 Å². The molecule has 0 aromatic heterocycles. The molecule has 6 heteroatoms. The molecule has 1 aliphatic heterocycles. The van der Waals surface area contributed by atoms with Crippen LogP contribution in [0, 0.1) is 0 Å². The van der Waals surface area contributed by atoms with Gasteiger partial charge in [-0.3, -0.25) is 4.79 Å². The molecule has 0 aromatic carbocycles. The van der Waals surface area contributed by atoms with Gasteiger partial charge in [-0.25, -0.2) is 14.5 Å². The van der Waals surface area contributed by atoms with Crippen LogP contribution < -0.4 is 0 Å². The Morgan fingerprint density at radius 2 is 1.89 bits per heavy atom. The molecular weight excluding hydrogens is 238 g/mol. The Labute approximate surface area is 106 Å². The van der Waals surface area contributed by atoms with Gasteiger partial charge in [-0.15, -0.1) is 0 Å². The van der Waals surface area contributed by atoms with Gasteiger partial charge < -0.3 is 9.47 Å². The van der Waals surface area contributed by atoms with Crippen molar-refractivity contribution in [2.24, 2.45) is 0 Å². The number of hydrogen-bond donors (Lipinski definition) is 0. The lowest BCUT2D eigenvalue weighted by atomic mass is 10.00. The number of methoxy groups -OCH3 is 1. The molecule has 1 aliphatic rings. The van der Waals surface area contributed by atoms with Gasteiger partial charge in [0.15, 0.2) is 0 Å². The molecule has 0 aliphatic carbocycles. The summed E-state index contributed by atoms with van der Waals surface area (Å²) in [5, 5.41) is 0. The van der Waals surface area contributed by atoms with Gasteiger partial charge >= 0.3 is 12.1 Å². The van der Waals surface area contributed by atoms with E-state index in [4.69, 9.17) is 4.74 Å². The molecule has 0 N–H and O–H groups in total. The Morgan fingerprint density at radius 1 is 1.33 bits per heavy atom. The van der Waals surface area contributed by atoms with Crippen molar-refractivity contribution < 1.29 is 23.9 Å². The molecule has 0 spiro atoms. The summed E-state index contributed by atoms with van der Waals surface area (Å²) in [6.07, 6.45) is -0.430. The molecule has 1 fully saturated rings. The fourth-order valence-electron chi connectivity index (χ4n) is 1.87. The Bertz CT molecular complexity index is 384. The maximum Gasteiger partial charge on any atom is 0.418 e. The normalized spacial score (nSPS) is 24.1. The minimum absolute atomic E-state index is 0.130. The number of esters is 1. The van der Waals surface area contributed by atoms with Crippen molar-refractivity contribution >= 4 is 18.0 Å². The molecular formula is C12H19NO5. The molecule has 1 rings (SSSR count). The number of likely N-dealkylation sites (tertiary alicyclic amines) is 1. The van der Waals surface area contributed by atoms with Gasteiger partial charge in [-0.1, -0.05) is 0 Å². The van der Waals surface area contributed by atoms with Gasteiger partial charge in [0.25, 0.3) is 0 Å². The summed E-state index contributed by atoms with van der Waals surface area (Å²) in [5.74, 6) is -1.03. The average molecular weight is 257 g/mol. The summed E-state index contributed by atoms with van der Waals surface area (Å²) in [7, 11) is 1.23. The second kappa shape index (κ2) is 4.59. The van der Waals surface area contributed by atoms with E-state index in [0.717, 1.165) is 4.90 Å². The fourth-order valence-corrected chi connectivity index (χ4v) is 1.87. The average Bonchev–Trinajstić information content (AvgIpc) is 2.52. The first-order chi connectivity index (χ1) is 8.12. The number of imide groups is 1.